The zero-order valence-electron chi connectivity index (χ0n) is 28.2. The standard InChI is InChI=1S/C35H42N6O7/c1-8-36-33(45)31-39-38-30(27-19-26(21(2)3)28(42)20-29(27)43)41(31)23-11-15-25(16-12-23)47-24-13-9-22(10-14-24)32(44)37-17-18-40(7)34(46)48-35(4,5)6/h9-16,19-21,42-43H,8,17-18H2,1-7H3,(H,36,45)(H,37,44). The molecule has 1 aromatic heterocycles. The van der Waals surface area contributed by atoms with Crippen molar-refractivity contribution < 1.29 is 34.1 Å². The van der Waals surface area contributed by atoms with Gasteiger partial charge in [0.2, 0.25) is 5.82 Å². The molecule has 0 saturated heterocycles. The average Bonchev–Trinajstić information content (AvgIpc) is 3.46. The summed E-state index contributed by atoms with van der Waals surface area (Å²) < 4.78 is 12.8. The Bertz CT molecular complexity index is 1760. The number of hydrogen-bond acceptors (Lipinski definition) is 9. The molecule has 0 spiro atoms. The molecule has 0 bridgehead atoms. The molecule has 4 N–H and O–H groups in total. The van der Waals surface area contributed by atoms with Gasteiger partial charge in [-0.1, -0.05) is 13.8 Å². The van der Waals surface area contributed by atoms with Gasteiger partial charge in [-0.25, -0.2) is 4.79 Å². The fourth-order valence-electron chi connectivity index (χ4n) is 4.67. The number of nitrogens with zero attached hydrogens (tertiary/aromatic N) is 4. The van der Waals surface area contributed by atoms with Crippen molar-refractivity contribution in [2.24, 2.45) is 0 Å². The van der Waals surface area contributed by atoms with E-state index in [4.69, 9.17) is 9.47 Å². The molecule has 0 atom stereocenters. The lowest BCUT2D eigenvalue weighted by molar-refractivity contribution is 0.0299. The highest BCUT2D eigenvalue weighted by molar-refractivity contribution is 5.94. The summed E-state index contributed by atoms with van der Waals surface area (Å²) in [5, 5.41) is 35.0. The van der Waals surface area contributed by atoms with Crippen molar-refractivity contribution in [1.82, 2.24) is 30.3 Å². The number of carbonyl (C=O) groups is 3. The fraction of sp³-hybridized carbons (Fsp3) is 0.343. The molecule has 1 heterocycles. The molecule has 48 heavy (non-hydrogen) atoms. The zero-order chi connectivity index (χ0) is 35.2. The number of phenols is 2. The van der Waals surface area contributed by atoms with Crippen LogP contribution in [0.3, 0.4) is 0 Å². The molecule has 3 aromatic carbocycles. The van der Waals surface area contributed by atoms with Gasteiger partial charge >= 0.3 is 6.09 Å². The summed E-state index contributed by atoms with van der Waals surface area (Å²) in [7, 11) is 1.61. The third kappa shape index (κ3) is 8.60. The predicted molar refractivity (Wildman–Crippen MR) is 180 cm³/mol. The second-order valence-corrected chi connectivity index (χ2v) is 12.4. The van der Waals surface area contributed by atoms with Crippen LogP contribution in [0.4, 0.5) is 4.79 Å². The Labute approximate surface area is 279 Å². The Hall–Kier alpha value is -5.59. The third-order valence-corrected chi connectivity index (χ3v) is 7.10. The van der Waals surface area contributed by atoms with Gasteiger partial charge in [0.05, 0.1) is 5.56 Å². The normalized spacial score (nSPS) is 11.2. The minimum absolute atomic E-state index is 0.0180. The van der Waals surface area contributed by atoms with Crippen molar-refractivity contribution in [3.8, 4) is 40.1 Å². The van der Waals surface area contributed by atoms with Gasteiger partial charge in [-0.15, -0.1) is 10.2 Å². The minimum Gasteiger partial charge on any atom is -0.508 e. The Morgan fingerprint density at radius 1 is 0.896 bits per heavy atom. The quantitative estimate of drug-likeness (QED) is 0.160. The molecule has 0 unspecified atom stereocenters. The van der Waals surface area contributed by atoms with Crippen LogP contribution in [-0.4, -0.2) is 80.1 Å². The van der Waals surface area contributed by atoms with Crippen LogP contribution in [0, 0.1) is 0 Å². The number of rotatable bonds is 11. The van der Waals surface area contributed by atoms with Crippen molar-refractivity contribution in [1.29, 1.82) is 0 Å². The van der Waals surface area contributed by atoms with Crippen LogP contribution in [0.15, 0.2) is 60.7 Å². The summed E-state index contributed by atoms with van der Waals surface area (Å²) in [6, 6.07) is 16.4. The maximum absolute atomic E-state index is 12.9. The van der Waals surface area contributed by atoms with Gasteiger partial charge in [0.1, 0.15) is 28.6 Å². The summed E-state index contributed by atoms with van der Waals surface area (Å²) in [5.41, 5.74) is 1.27. The van der Waals surface area contributed by atoms with Crippen LogP contribution in [0.5, 0.6) is 23.0 Å². The number of phenolic OH excluding ortho intramolecular Hbond substituents is 2. The smallest absolute Gasteiger partial charge is 0.410 e. The zero-order valence-corrected chi connectivity index (χ0v) is 28.2. The maximum atomic E-state index is 12.9. The van der Waals surface area contributed by atoms with Gasteiger partial charge in [-0.2, -0.15) is 0 Å². The summed E-state index contributed by atoms with van der Waals surface area (Å²) >= 11 is 0. The Morgan fingerprint density at radius 2 is 1.52 bits per heavy atom. The van der Waals surface area contributed by atoms with E-state index in [2.05, 4.69) is 20.8 Å². The molecule has 0 radical (unpaired) electrons. The minimum atomic E-state index is -0.602. The molecule has 0 saturated carbocycles. The predicted octanol–water partition coefficient (Wildman–Crippen LogP) is 5.61. The number of hydrogen-bond donors (Lipinski definition) is 4. The molecule has 13 nitrogen and oxygen atoms in total. The van der Waals surface area contributed by atoms with Crippen LogP contribution >= 0.6 is 0 Å². The van der Waals surface area contributed by atoms with Gasteiger partial charge in [0.25, 0.3) is 11.8 Å². The summed E-state index contributed by atoms with van der Waals surface area (Å²) in [6.07, 6.45) is -0.465. The first-order valence-electron chi connectivity index (χ1n) is 15.6. The first-order valence-corrected chi connectivity index (χ1v) is 15.6. The molecule has 0 aliphatic rings. The SMILES string of the molecule is CCNC(=O)c1nnc(-c2cc(C(C)C)c(O)cc2O)n1-c1ccc(Oc2ccc(C(=O)NCCN(C)C(=O)OC(C)(C)C)cc2)cc1. The molecular formula is C35H42N6O7. The molecule has 3 amide bonds. The van der Waals surface area contributed by atoms with Gasteiger partial charge in [0, 0.05) is 44.0 Å². The van der Waals surface area contributed by atoms with Crippen molar-refractivity contribution in [3.63, 3.8) is 0 Å². The van der Waals surface area contributed by atoms with Crippen LogP contribution in [0.2, 0.25) is 0 Å². The molecule has 254 valence electrons. The Kier molecular flexibility index (Phi) is 10.9. The maximum Gasteiger partial charge on any atom is 0.410 e. The molecule has 4 aromatic rings. The van der Waals surface area contributed by atoms with Crippen LogP contribution in [0.25, 0.3) is 17.1 Å². The highest BCUT2D eigenvalue weighted by Crippen LogP contribution is 2.38. The molecule has 0 aliphatic carbocycles. The van der Waals surface area contributed by atoms with Crippen LogP contribution in [-0.2, 0) is 4.74 Å². The van der Waals surface area contributed by atoms with Gasteiger partial charge < -0.3 is 35.2 Å². The van der Waals surface area contributed by atoms with E-state index in [-0.39, 0.29) is 48.1 Å². The summed E-state index contributed by atoms with van der Waals surface area (Å²) in [5.74, 6) is 0.185. The first kappa shape index (κ1) is 35.3. The van der Waals surface area contributed by atoms with Gasteiger partial charge in [0.15, 0.2) is 5.82 Å². The van der Waals surface area contributed by atoms with Crippen molar-refractivity contribution in [3.05, 3.63) is 77.6 Å². The Balaban J connectivity index is 1.48. The second kappa shape index (κ2) is 14.9. The number of aromatic hydroxyl groups is 2. The van der Waals surface area contributed by atoms with Gasteiger partial charge in [-0.05, 0) is 93.8 Å². The van der Waals surface area contributed by atoms with Gasteiger partial charge in [-0.3, -0.25) is 14.2 Å². The Morgan fingerprint density at radius 3 is 2.10 bits per heavy atom. The van der Waals surface area contributed by atoms with E-state index in [0.717, 1.165) is 0 Å². The highest BCUT2D eigenvalue weighted by Gasteiger charge is 2.24. The number of likely N-dealkylation sites (N-methyl/N-ethyl adjacent to an activating group) is 1. The van der Waals surface area contributed by atoms with E-state index in [1.54, 1.807) is 89.3 Å². The summed E-state index contributed by atoms with van der Waals surface area (Å²) in [6.45, 7) is 11.9. The number of aromatic nitrogens is 3. The van der Waals surface area contributed by atoms with E-state index >= 15 is 0 Å². The van der Waals surface area contributed by atoms with E-state index < -0.39 is 17.6 Å². The number of nitrogens with one attached hydrogen (secondary N) is 2. The molecule has 4 rings (SSSR count). The first-order chi connectivity index (χ1) is 22.7. The second-order valence-electron chi connectivity index (χ2n) is 12.4. The fourth-order valence-corrected chi connectivity index (χ4v) is 4.67. The van der Waals surface area contributed by atoms with Crippen LogP contribution < -0.4 is 15.4 Å². The number of carbonyl (C=O) groups excluding carboxylic acids is 3. The largest absolute Gasteiger partial charge is 0.508 e. The average molecular weight is 659 g/mol. The van der Waals surface area contributed by atoms with E-state index in [0.29, 0.717) is 40.4 Å². The monoisotopic (exact) mass is 658 g/mol. The third-order valence-electron chi connectivity index (χ3n) is 7.10. The molecule has 0 fully saturated rings. The van der Waals surface area contributed by atoms with Crippen molar-refractivity contribution in [2.75, 3.05) is 26.7 Å². The lowest BCUT2D eigenvalue weighted by Crippen LogP contribution is -2.39. The molecule has 13 heteroatoms. The lowest BCUT2D eigenvalue weighted by Gasteiger charge is -2.24. The number of benzene rings is 3. The van der Waals surface area contributed by atoms with Crippen molar-refractivity contribution >= 4 is 17.9 Å². The lowest BCUT2D eigenvalue weighted by atomic mass is 9.98. The van der Waals surface area contributed by atoms with E-state index in [1.807, 2.05) is 13.8 Å². The van der Waals surface area contributed by atoms with E-state index in [9.17, 15) is 24.6 Å². The topological polar surface area (TPSA) is 168 Å². The molecule has 0 aliphatic heterocycles. The van der Waals surface area contributed by atoms with Crippen LogP contribution in [0.1, 0.15) is 74.0 Å². The highest BCUT2D eigenvalue weighted by atomic mass is 16.6. The number of amides is 3. The summed E-state index contributed by atoms with van der Waals surface area (Å²) in [4.78, 5) is 39.1. The number of ether oxygens (including phenoxy) is 2. The van der Waals surface area contributed by atoms with E-state index in [1.165, 1.54) is 15.5 Å². The van der Waals surface area contributed by atoms with Crippen molar-refractivity contribution in [2.45, 2.75) is 53.1 Å². The molecular weight excluding hydrogens is 616 g/mol.